The van der Waals surface area contributed by atoms with Crippen LogP contribution in [-0.2, 0) is 6.42 Å². The second kappa shape index (κ2) is 5.56. The van der Waals surface area contributed by atoms with Crippen LogP contribution in [0.25, 0.3) is 0 Å². The van der Waals surface area contributed by atoms with Crippen LogP contribution in [0.15, 0.2) is 0 Å². The van der Waals surface area contributed by atoms with E-state index in [1.807, 2.05) is 6.92 Å². The fourth-order valence-electron chi connectivity index (χ4n) is 3.48. The summed E-state index contributed by atoms with van der Waals surface area (Å²) in [6.45, 7) is 6.62. The van der Waals surface area contributed by atoms with Gasteiger partial charge < -0.3 is 11.1 Å². The molecule has 0 aromatic carbocycles. The third-order valence-electron chi connectivity index (χ3n) is 4.63. The summed E-state index contributed by atoms with van der Waals surface area (Å²) in [5.74, 6) is 2.42. The van der Waals surface area contributed by atoms with E-state index >= 15 is 0 Å². The monoisotopic (exact) mass is 275 g/mol. The van der Waals surface area contributed by atoms with Crippen LogP contribution in [0.3, 0.4) is 0 Å². The molecule has 5 heteroatoms. The van der Waals surface area contributed by atoms with Gasteiger partial charge in [-0.1, -0.05) is 6.92 Å². The molecule has 0 saturated carbocycles. The molecule has 0 spiro atoms. The van der Waals surface area contributed by atoms with Crippen molar-refractivity contribution < 1.29 is 0 Å². The van der Waals surface area contributed by atoms with Crippen molar-refractivity contribution in [3.63, 3.8) is 0 Å². The summed E-state index contributed by atoms with van der Waals surface area (Å²) in [5.41, 5.74) is 7.02. The molecule has 3 rings (SSSR count). The molecule has 3 heterocycles. The van der Waals surface area contributed by atoms with Gasteiger partial charge in [0.1, 0.15) is 17.5 Å². The Kier molecular flexibility index (Phi) is 3.78. The molecule has 110 valence electrons. The van der Waals surface area contributed by atoms with Gasteiger partial charge in [-0.2, -0.15) is 0 Å². The number of hydrogen-bond donors (Lipinski definition) is 2. The third kappa shape index (κ3) is 2.46. The number of fused-ring (bicyclic) bond motifs is 1. The number of aromatic nitrogens is 2. The first-order valence-corrected chi connectivity index (χ1v) is 7.82. The Morgan fingerprint density at radius 2 is 2.15 bits per heavy atom. The van der Waals surface area contributed by atoms with Crippen molar-refractivity contribution in [2.75, 3.05) is 24.1 Å². The average molecular weight is 275 g/mol. The van der Waals surface area contributed by atoms with Crippen molar-refractivity contribution in [3.8, 4) is 0 Å². The predicted octanol–water partition coefficient (Wildman–Crippen LogP) is 1.97. The van der Waals surface area contributed by atoms with Crippen LogP contribution in [0, 0.1) is 6.92 Å². The van der Waals surface area contributed by atoms with E-state index in [2.05, 4.69) is 27.1 Å². The summed E-state index contributed by atoms with van der Waals surface area (Å²) in [6.07, 6.45) is 5.77. The SMILES string of the molecule is CCCc1nc(N)c(C)c(NC2CCN3CCCC23)n1. The number of nitrogen functional groups attached to an aromatic ring is 1. The summed E-state index contributed by atoms with van der Waals surface area (Å²) < 4.78 is 0. The normalized spacial score (nSPS) is 25.9. The van der Waals surface area contributed by atoms with E-state index in [0.717, 1.165) is 30.0 Å². The third-order valence-corrected chi connectivity index (χ3v) is 4.63. The van der Waals surface area contributed by atoms with Crippen molar-refractivity contribution in [2.45, 2.75) is 58.0 Å². The molecule has 0 aliphatic carbocycles. The van der Waals surface area contributed by atoms with Crippen LogP contribution < -0.4 is 11.1 Å². The topological polar surface area (TPSA) is 67.1 Å². The zero-order valence-corrected chi connectivity index (χ0v) is 12.5. The Bertz CT molecular complexity index is 487. The maximum absolute atomic E-state index is 6.03. The summed E-state index contributed by atoms with van der Waals surface area (Å²) in [4.78, 5) is 11.7. The Morgan fingerprint density at radius 1 is 1.30 bits per heavy atom. The minimum atomic E-state index is 0.514. The lowest BCUT2D eigenvalue weighted by molar-refractivity contribution is 0.318. The summed E-state index contributed by atoms with van der Waals surface area (Å²) in [6, 6.07) is 1.19. The molecule has 5 nitrogen and oxygen atoms in total. The maximum atomic E-state index is 6.03. The average Bonchev–Trinajstić information content (AvgIpc) is 3.00. The first kappa shape index (κ1) is 13.6. The van der Waals surface area contributed by atoms with Crippen LogP contribution in [-0.4, -0.2) is 40.0 Å². The van der Waals surface area contributed by atoms with Gasteiger partial charge >= 0.3 is 0 Å². The molecule has 3 N–H and O–H groups in total. The second-order valence-electron chi connectivity index (χ2n) is 6.03. The molecule has 20 heavy (non-hydrogen) atoms. The molecular formula is C15H25N5. The number of anilines is 2. The zero-order valence-electron chi connectivity index (χ0n) is 12.5. The minimum Gasteiger partial charge on any atom is -0.383 e. The molecule has 2 unspecified atom stereocenters. The number of nitrogens with zero attached hydrogens (tertiary/aromatic N) is 3. The lowest BCUT2D eigenvalue weighted by Crippen LogP contribution is -2.34. The highest BCUT2D eigenvalue weighted by atomic mass is 15.2. The number of aryl methyl sites for hydroxylation is 1. The second-order valence-corrected chi connectivity index (χ2v) is 6.03. The van der Waals surface area contributed by atoms with Gasteiger partial charge in [0.05, 0.1) is 0 Å². The van der Waals surface area contributed by atoms with Gasteiger partial charge in [0.2, 0.25) is 0 Å². The largest absolute Gasteiger partial charge is 0.383 e. The van der Waals surface area contributed by atoms with E-state index in [9.17, 15) is 0 Å². The standard InChI is InChI=1S/C15H25N5/c1-3-5-13-18-14(16)10(2)15(19-13)17-11-7-9-20-8-4-6-12(11)20/h11-12H,3-9H2,1-2H3,(H3,16,17,18,19). The Morgan fingerprint density at radius 3 is 2.95 bits per heavy atom. The van der Waals surface area contributed by atoms with Crippen molar-refractivity contribution in [2.24, 2.45) is 0 Å². The Labute approximate surface area is 121 Å². The van der Waals surface area contributed by atoms with E-state index in [0.29, 0.717) is 17.9 Å². The van der Waals surface area contributed by atoms with Crippen molar-refractivity contribution in [1.82, 2.24) is 14.9 Å². The van der Waals surface area contributed by atoms with E-state index in [4.69, 9.17) is 5.73 Å². The van der Waals surface area contributed by atoms with Crippen molar-refractivity contribution in [1.29, 1.82) is 0 Å². The molecule has 2 aliphatic rings. The van der Waals surface area contributed by atoms with Crippen molar-refractivity contribution in [3.05, 3.63) is 11.4 Å². The lowest BCUT2D eigenvalue weighted by Gasteiger charge is -2.23. The molecule has 0 amide bonds. The summed E-state index contributed by atoms with van der Waals surface area (Å²) >= 11 is 0. The first-order valence-electron chi connectivity index (χ1n) is 7.82. The molecular weight excluding hydrogens is 250 g/mol. The van der Waals surface area contributed by atoms with Crippen LogP contribution in [0.4, 0.5) is 11.6 Å². The van der Waals surface area contributed by atoms with Crippen molar-refractivity contribution >= 4 is 11.6 Å². The highest BCUT2D eigenvalue weighted by Gasteiger charge is 2.37. The molecule has 1 aromatic heterocycles. The number of nitrogens with one attached hydrogen (secondary N) is 1. The van der Waals surface area contributed by atoms with Crippen LogP contribution in [0.5, 0.6) is 0 Å². The van der Waals surface area contributed by atoms with E-state index in [1.54, 1.807) is 0 Å². The number of nitrogens with two attached hydrogens (primary N) is 1. The van der Waals surface area contributed by atoms with Gasteiger partial charge in [-0.05, 0) is 39.2 Å². The van der Waals surface area contributed by atoms with Gasteiger partial charge in [0, 0.05) is 30.6 Å². The van der Waals surface area contributed by atoms with E-state index in [-0.39, 0.29) is 0 Å². The first-order chi connectivity index (χ1) is 9.69. The number of hydrogen-bond acceptors (Lipinski definition) is 5. The van der Waals surface area contributed by atoms with Crippen LogP contribution in [0.2, 0.25) is 0 Å². The Hall–Kier alpha value is -1.36. The molecule has 2 saturated heterocycles. The molecule has 0 radical (unpaired) electrons. The van der Waals surface area contributed by atoms with Gasteiger partial charge in [0.25, 0.3) is 0 Å². The highest BCUT2D eigenvalue weighted by molar-refractivity contribution is 5.55. The fraction of sp³-hybridized carbons (Fsp3) is 0.733. The molecule has 2 aliphatic heterocycles. The molecule has 0 bridgehead atoms. The minimum absolute atomic E-state index is 0.514. The lowest BCUT2D eigenvalue weighted by atomic mass is 10.1. The quantitative estimate of drug-likeness (QED) is 0.879. The molecule has 2 fully saturated rings. The maximum Gasteiger partial charge on any atom is 0.135 e. The predicted molar refractivity (Wildman–Crippen MR) is 81.8 cm³/mol. The summed E-state index contributed by atoms with van der Waals surface area (Å²) in [5, 5.41) is 3.65. The summed E-state index contributed by atoms with van der Waals surface area (Å²) in [7, 11) is 0. The molecule has 1 aromatic rings. The highest BCUT2D eigenvalue weighted by Crippen LogP contribution is 2.31. The van der Waals surface area contributed by atoms with Crippen LogP contribution in [0.1, 0.15) is 44.0 Å². The fourth-order valence-corrected chi connectivity index (χ4v) is 3.48. The van der Waals surface area contributed by atoms with Gasteiger partial charge in [-0.15, -0.1) is 0 Å². The number of rotatable bonds is 4. The zero-order chi connectivity index (χ0) is 14.1. The van der Waals surface area contributed by atoms with Gasteiger partial charge in [-0.25, -0.2) is 9.97 Å². The van der Waals surface area contributed by atoms with Gasteiger partial charge in [-0.3, -0.25) is 4.90 Å². The van der Waals surface area contributed by atoms with E-state index < -0.39 is 0 Å². The smallest absolute Gasteiger partial charge is 0.135 e. The molecule has 2 atom stereocenters. The van der Waals surface area contributed by atoms with Gasteiger partial charge in [0.15, 0.2) is 0 Å². The Balaban J connectivity index is 1.79. The van der Waals surface area contributed by atoms with E-state index in [1.165, 1.54) is 32.4 Å². The van der Waals surface area contributed by atoms with Crippen LogP contribution >= 0.6 is 0 Å².